The fraction of sp³-hybridized carbons (Fsp3) is 0.192. The smallest absolute Gasteiger partial charge is 0.416 e. The Balaban J connectivity index is 1.84. The zero-order valence-electron chi connectivity index (χ0n) is 17.8. The van der Waals surface area contributed by atoms with Gasteiger partial charge < -0.3 is 9.47 Å². The van der Waals surface area contributed by atoms with E-state index in [4.69, 9.17) is 9.47 Å². The number of carbonyl (C=O) groups is 1. The summed E-state index contributed by atoms with van der Waals surface area (Å²) in [6.45, 7) is 5.98. The van der Waals surface area contributed by atoms with Crippen LogP contribution in [0.1, 0.15) is 47.8 Å². The van der Waals surface area contributed by atoms with Crippen LogP contribution in [-0.2, 0) is 16.3 Å². The average molecular weight is 438 g/mol. The molecule has 0 aromatic heterocycles. The van der Waals surface area contributed by atoms with Crippen molar-refractivity contribution in [2.75, 3.05) is 0 Å². The molecule has 0 fully saturated rings. The Labute approximate surface area is 184 Å². The molecule has 0 N–H and O–H groups in total. The first kappa shape index (κ1) is 23.0. The Morgan fingerprint density at radius 1 is 0.875 bits per heavy atom. The van der Waals surface area contributed by atoms with Gasteiger partial charge in [-0.1, -0.05) is 45.0 Å². The molecule has 0 amide bonds. The molecular weight excluding hydrogens is 417 g/mol. The second-order valence-corrected chi connectivity index (χ2v) is 8.07. The lowest BCUT2D eigenvalue weighted by Crippen LogP contribution is -2.12. The van der Waals surface area contributed by atoms with Gasteiger partial charge >= 0.3 is 12.1 Å². The molecule has 0 aliphatic rings. The lowest BCUT2D eigenvalue weighted by atomic mass is 9.86. The molecule has 3 rings (SSSR count). The minimum absolute atomic E-state index is 0.268. The largest absolute Gasteiger partial charge is 0.457 e. The Kier molecular flexibility index (Phi) is 6.59. The Morgan fingerprint density at radius 2 is 1.53 bits per heavy atom. The number of hydrogen-bond acceptors (Lipinski definition) is 3. The maximum Gasteiger partial charge on any atom is 0.416 e. The molecule has 6 heteroatoms. The number of halogens is 3. The predicted octanol–water partition coefficient (Wildman–Crippen LogP) is 6.96. The van der Waals surface area contributed by atoms with Gasteiger partial charge in [-0.25, -0.2) is 4.79 Å². The van der Waals surface area contributed by atoms with Crippen LogP contribution >= 0.6 is 0 Å². The number of hydrogen-bond donors (Lipinski definition) is 0. The molecule has 0 spiro atoms. The van der Waals surface area contributed by atoms with Crippen LogP contribution in [0, 0.1) is 12.0 Å². The van der Waals surface area contributed by atoms with Crippen LogP contribution in [0.15, 0.2) is 72.8 Å². The van der Waals surface area contributed by atoms with Crippen LogP contribution < -0.4 is 4.74 Å². The van der Waals surface area contributed by atoms with Crippen LogP contribution in [0.5, 0.6) is 11.5 Å². The summed E-state index contributed by atoms with van der Waals surface area (Å²) < 4.78 is 49.3. The number of alkyl halides is 3. The van der Waals surface area contributed by atoms with Crippen molar-refractivity contribution in [1.82, 2.24) is 0 Å². The molecule has 164 valence electrons. The van der Waals surface area contributed by atoms with Gasteiger partial charge in [0.2, 0.25) is 0 Å². The minimum atomic E-state index is -4.41. The van der Waals surface area contributed by atoms with E-state index >= 15 is 0 Å². The van der Waals surface area contributed by atoms with Gasteiger partial charge in [0.25, 0.3) is 0 Å². The molecule has 32 heavy (non-hydrogen) atoms. The number of benzene rings is 3. The minimum Gasteiger partial charge on any atom is -0.457 e. The normalized spacial score (nSPS) is 11.3. The fourth-order valence-electron chi connectivity index (χ4n) is 2.91. The summed E-state index contributed by atoms with van der Waals surface area (Å²) in [5, 5.41) is 0. The summed E-state index contributed by atoms with van der Waals surface area (Å²) in [4.78, 5) is 12.0. The Morgan fingerprint density at radius 3 is 2.12 bits per heavy atom. The molecule has 3 aromatic carbocycles. The van der Waals surface area contributed by atoms with E-state index in [1.165, 1.54) is 12.1 Å². The van der Waals surface area contributed by atoms with E-state index in [-0.39, 0.29) is 11.2 Å². The van der Waals surface area contributed by atoms with E-state index < -0.39 is 17.7 Å². The quantitative estimate of drug-likeness (QED) is 0.328. The van der Waals surface area contributed by atoms with Crippen LogP contribution in [0.25, 0.3) is 0 Å². The molecule has 3 nitrogen and oxygen atoms in total. The second-order valence-electron chi connectivity index (χ2n) is 8.07. The van der Waals surface area contributed by atoms with Crippen molar-refractivity contribution in [3.8, 4) is 23.5 Å². The third-order valence-electron chi connectivity index (χ3n) is 4.55. The summed E-state index contributed by atoms with van der Waals surface area (Å²) in [5.74, 6) is 2.92. The van der Waals surface area contributed by atoms with E-state index in [9.17, 15) is 18.0 Å². The van der Waals surface area contributed by atoms with Crippen LogP contribution in [0.4, 0.5) is 13.2 Å². The first-order valence-corrected chi connectivity index (χ1v) is 9.81. The van der Waals surface area contributed by atoms with Gasteiger partial charge in [0.05, 0.1) is 11.1 Å². The maximum absolute atomic E-state index is 12.8. The highest BCUT2D eigenvalue weighted by Crippen LogP contribution is 2.36. The molecule has 0 saturated heterocycles. The maximum atomic E-state index is 12.8. The van der Waals surface area contributed by atoms with Gasteiger partial charge in [-0.05, 0) is 59.9 Å². The Hall–Kier alpha value is -3.72. The lowest BCUT2D eigenvalue weighted by molar-refractivity contribution is -0.137. The van der Waals surface area contributed by atoms with Crippen molar-refractivity contribution in [3.63, 3.8) is 0 Å². The molecular formula is C26H21F3O3. The molecule has 0 unspecified atom stereocenters. The van der Waals surface area contributed by atoms with E-state index in [1.807, 2.05) is 26.8 Å². The Bertz CT molecular complexity index is 1150. The van der Waals surface area contributed by atoms with Crippen LogP contribution in [-0.4, -0.2) is 5.97 Å². The van der Waals surface area contributed by atoms with Gasteiger partial charge in [0.1, 0.15) is 17.6 Å². The fourth-order valence-corrected chi connectivity index (χ4v) is 2.91. The summed E-state index contributed by atoms with van der Waals surface area (Å²) in [5.41, 5.74) is 0.731. The number of ether oxygens (including phenoxy) is 2. The van der Waals surface area contributed by atoms with Crippen molar-refractivity contribution in [3.05, 3.63) is 95.1 Å². The number of esters is 1. The van der Waals surface area contributed by atoms with Gasteiger partial charge in [-0.3, -0.25) is 0 Å². The summed E-state index contributed by atoms with van der Waals surface area (Å²) in [6, 6.07) is 18.2. The van der Waals surface area contributed by atoms with E-state index in [2.05, 4.69) is 12.0 Å². The SMILES string of the molecule is CC(C)(C)c1ccc(C#COC(=O)c2ccccc2)cc1Oc1ccc(C(F)(F)F)cc1. The van der Waals surface area contributed by atoms with Crippen molar-refractivity contribution in [1.29, 1.82) is 0 Å². The van der Waals surface area contributed by atoms with Crippen LogP contribution in [0.2, 0.25) is 0 Å². The summed E-state index contributed by atoms with van der Waals surface area (Å²) >= 11 is 0. The zero-order valence-corrected chi connectivity index (χ0v) is 17.8. The van der Waals surface area contributed by atoms with Crippen molar-refractivity contribution in [2.24, 2.45) is 0 Å². The zero-order chi connectivity index (χ0) is 23.4. The lowest BCUT2D eigenvalue weighted by Gasteiger charge is -2.23. The highest BCUT2D eigenvalue weighted by atomic mass is 19.4. The average Bonchev–Trinajstić information content (AvgIpc) is 2.73. The molecule has 0 saturated carbocycles. The third-order valence-corrected chi connectivity index (χ3v) is 4.55. The van der Waals surface area contributed by atoms with E-state index in [0.29, 0.717) is 16.9 Å². The van der Waals surface area contributed by atoms with E-state index in [0.717, 1.165) is 17.7 Å². The molecule has 0 radical (unpaired) electrons. The number of rotatable bonds is 3. The summed E-state index contributed by atoms with van der Waals surface area (Å²) in [7, 11) is 0. The van der Waals surface area contributed by atoms with Gasteiger partial charge in [0, 0.05) is 11.1 Å². The topological polar surface area (TPSA) is 35.5 Å². The third kappa shape index (κ3) is 5.92. The first-order chi connectivity index (χ1) is 15.0. The molecule has 0 atom stereocenters. The van der Waals surface area contributed by atoms with Gasteiger partial charge in [-0.15, -0.1) is 0 Å². The monoisotopic (exact) mass is 438 g/mol. The highest BCUT2D eigenvalue weighted by Gasteiger charge is 2.30. The molecule has 0 bridgehead atoms. The first-order valence-electron chi connectivity index (χ1n) is 9.81. The van der Waals surface area contributed by atoms with Crippen molar-refractivity contribution in [2.45, 2.75) is 32.4 Å². The van der Waals surface area contributed by atoms with E-state index in [1.54, 1.807) is 42.5 Å². The van der Waals surface area contributed by atoms with Crippen molar-refractivity contribution < 1.29 is 27.4 Å². The van der Waals surface area contributed by atoms with Gasteiger partial charge in [-0.2, -0.15) is 13.2 Å². The molecule has 0 aliphatic heterocycles. The summed E-state index contributed by atoms with van der Waals surface area (Å²) in [6.07, 6.45) is -2.02. The highest BCUT2D eigenvalue weighted by molar-refractivity contribution is 5.90. The standard InChI is InChI=1S/C26H21F3O3/c1-25(2,3)22-14-9-18(15-16-31-24(30)19-7-5-4-6-8-19)17-23(22)32-21-12-10-20(11-13-21)26(27,28)29/h4-14,17H,1-3H3. The predicted molar refractivity (Wildman–Crippen MR) is 115 cm³/mol. The second kappa shape index (κ2) is 9.19. The van der Waals surface area contributed by atoms with Crippen molar-refractivity contribution >= 4 is 5.97 Å². The van der Waals surface area contributed by atoms with Gasteiger partial charge in [0.15, 0.2) is 0 Å². The van der Waals surface area contributed by atoms with Crippen LogP contribution in [0.3, 0.4) is 0 Å². The molecule has 3 aromatic rings. The molecule has 0 aliphatic carbocycles. The molecule has 0 heterocycles. The number of carbonyl (C=O) groups excluding carboxylic acids is 1.